The number of unbranched alkanes of at least 4 members (excludes halogenated alkanes) is 1. The smallest absolute Gasteiger partial charge is 0.203 e. The fourth-order valence-electron chi connectivity index (χ4n) is 1.45. The van der Waals surface area contributed by atoms with E-state index >= 15 is 0 Å². The molecule has 0 saturated carbocycles. The topological polar surface area (TPSA) is 35.2 Å². The van der Waals surface area contributed by atoms with Gasteiger partial charge in [-0.2, -0.15) is 4.39 Å². The van der Waals surface area contributed by atoms with Crippen LogP contribution in [0.25, 0.3) is 0 Å². The van der Waals surface area contributed by atoms with Crippen molar-refractivity contribution in [1.29, 1.82) is 0 Å². The average molecular weight is 233 g/mol. The van der Waals surface area contributed by atoms with E-state index in [9.17, 15) is 13.2 Å². The molecule has 0 bridgehead atoms. The van der Waals surface area contributed by atoms with E-state index in [4.69, 9.17) is 5.73 Å². The molecule has 1 rings (SSSR count). The van der Waals surface area contributed by atoms with Crippen molar-refractivity contribution < 1.29 is 17.9 Å². The predicted molar refractivity (Wildman–Crippen MR) is 54.9 cm³/mol. The van der Waals surface area contributed by atoms with Crippen molar-refractivity contribution in [3.05, 3.63) is 29.1 Å². The molecule has 0 amide bonds. The molecule has 0 aliphatic rings. The summed E-state index contributed by atoms with van der Waals surface area (Å²) in [5.74, 6) is -3.88. The van der Waals surface area contributed by atoms with Crippen LogP contribution in [-0.4, -0.2) is 13.7 Å². The number of hydrogen-bond donors (Lipinski definition) is 1. The maximum Gasteiger partial charge on any atom is 0.203 e. The first-order valence-corrected chi connectivity index (χ1v) is 5.02. The van der Waals surface area contributed by atoms with Gasteiger partial charge in [-0.05, 0) is 37.4 Å². The Morgan fingerprint density at radius 3 is 2.44 bits per heavy atom. The zero-order chi connectivity index (χ0) is 12.1. The highest BCUT2D eigenvalue weighted by atomic mass is 19.2. The highest BCUT2D eigenvalue weighted by molar-refractivity contribution is 5.33. The summed E-state index contributed by atoms with van der Waals surface area (Å²) in [6.07, 6.45) is 1.65. The monoisotopic (exact) mass is 233 g/mol. The van der Waals surface area contributed by atoms with Crippen LogP contribution in [0.15, 0.2) is 6.07 Å². The summed E-state index contributed by atoms with van der Waals surface area (Å²) in [5.41, 5.74) is 5.40. The van der Waals surface area contributed by atoms with Crippen LogP contribution in [0.4, 0.5) is 13.2 Å². The molecule has 2 N–H and O–H groups in total. The average Bonchev–Trinajstić information content (AvgIpc) is 2.26. The van der Waals surface area contributed by atoms with Gasteiger partial charge in [0.2, 0.25) is 5.82 Å². The van der Waals surface area contributed by atoms with Crippen molar-refractivity contribution in [1.82, 2.24) is 0 Å². The fraction of sp³-hybridized carbons (Fsp3) is 0.455. The summed E-state index contributed by atoms with van der Waals surface area (Å²) in [7, 11) is 1.10. The van der Waals surface area contributed by atoms with Gasteiger partial charge in [0.1, 0.15) is 0 Å². The second-order valence-corrected chi connectivity index (χ2v) is 3.42. The minimum absolute atomic E-state index is 0.115. The standard InChI is InChI=1S/C11H14F3NO/c1-16-11-9(13)7(4-2-3-5-15)6-8(12)10(11)14/h6H,2-5,15H2,1H3. The SMILES string of the molecule is COc1c(F)c(F)cc(CCCCN)c1F. The number of nitrogens with two attached hydrogens (primary N) is 1. The molecule has 0 atom stereocenters. The van der Waals surface area contributed by atoms with Gasteiger partial charge in [-0.25, -0.2) is 8.78 Å². The van der Waals surface area contributed by atoms with Gasteiger partial charge in [0, 0.05) is 0 Å². The van der Waals surface area contributed by atoms with Gasteiger partial charge in [-0.1, -0.05) is 0 Å². The minimum atomic E-state index is -1.29. The Morgan fingerprint density at radius 2 is 1.88 bits per heavy atom. The van der Waals surface area contributed by atoms with Crippen LogP contribution in [0.5, 0.6) is 5.75 Å². The maximum absolute atomic E-state index is 13.6. The maximum atomic E-state index is 13.6. The molecular formula is C11H14F3NO. The molecule has 0 radical (unpaired) electrons. The van der Waals surface area contributed by atoms with Gasteiger partial charge in [0.05, 0.1) is 7.11 Å². The summed E-state index contributed by atoms with van der Waals surface area (Å²) < 4.78 is 44.2. The lowest BCUT2D eigenvalue weighted by atomic mass is 10.1. The Balaban J connectivity index is 2.96. The van der Waals surface area contributed by atoms with Crippen molar-refractivity contribution in [3.8, 4) is 5.75 Å². The molecular weight excluding hydrogens is 219 g/mol. The Morgan fingerprint density at radius 1 is 1.19 bits per heavy atom. The van der Waals surface area contributed by atoms with E-state index in [0.717, 1.165) is 13.2 Å². The number of benzene rings is 1. The Labute approximate surface area is 92.2 Å². The van der Waals surface area contributed by atoms with Gasteiger partial charge < -0.3 is 10.5 Å². The Bertz CT molecular complexity index is 369. The highest BCUT2D eigenvalue weighted by Crippen LogP contribution is 2.27. The second kappa shape index (κ2) is 5.75. The molecule has 90 valence electrons. The first-order chi connectivity index (χ1) is 7.61. The summed E-state index contributed by atoms with van der Waals surface area (Å²) in [4.78, 5) is 0. The molecule has 2 nitrogen and oxygen atoms in total. The van der Waals surface area contributed by atoms with Crippen LogP contribution in [-0.2, 0) is 6.42 Å². The number of hydrogen-bond acceptors (Lipinski definition) is 2. The fourth-order valence-corrected chi connectivity index (χ4v) is 1.45. The van der Waals surface area contributed by atoms with Crippen LogP contribution in [0.1, 0.15) is 18.4 Å². The van der Waals surface area contributed by atoms with Crippen LogP contribution in [0, 0.1) is 17.5 Å². The zero-order valence-corrected chi connectivity index (χ0v) is 9.03. The van der Waals surface area contributed by atoms with Crippen molar-refractivity contribution >= 4 is 0 Å². The first kappa shape index (κ1) is 12.8. The molecule has 5 heteroatoms. The third-order valence-electron chi connectivity index (χ3n) is 2.30. The molecule has 1 aromatic rings. The van der Waals surface area contributed by atoms with E-state index < -0.39 is 23.2 Å². The predicted octanol–water partition coefficient (Wildman–Crippen LogP) is 2.39. The third kappa shape index (κ3) is 2.66. The molecule has 16 heavy (non-hydrogen) atoms. The van der Waals surface area contributed by atoms with Crippen LogP contribution in [0.2, 0.25) is 0 Å². The van der Waals surface area contributed by atoms with E-state index in [0.29, 0.717) is 25.8 Å². The van der Waals surface area contributed by atoms with Crippen LogP contribution < -0.4 is 10.5 Å². The second-order valence-electron chi connectivity index (χ2n) is 3.42. The van der Waals surface area contributed by atoms with E-state index in [-0.39, 0.29) is 5.56 Å². The molecule has 0 saturated heterocycles. The number of ether oxygens (including phenoxy) is 1. The molecule has 0 aliphatic heterocycles. The quantitative estimate of drug-likeness (QED) is 0.626. The van der Waals surface area contributed by atoms with Crippen molar-refractivity contribution in [2.75, 3.05) is 13.7 Å². The summed E-state index contributed by atoms with van der Waals surface area (Å²) in [6, 6.07) is 0.865. The lowest BCUT2D eigenvalue weighted by Crippen LogP contribution is -2.03. The number of aryl methyl sites for hydroxylation is 1. The van der Waals surface area contributed by atoms with E-state index in [2.05, 4.69) is 4.74 Å². The van der Waals surface area contributed by atoms with Crippen LogP contribution >= 0.6 is 0 Å². The van der Waals surface area contributed by atoms with Gasteiger partial charge in [0.15, 0.2) is 17.4 Å². The van der Waals surface area contributed by atoms with E-state index in [1.165, 1.54) is 0 Å². The summed E-state index contributed by atoms with van der Waals surface area (Å²) >= 11 is 0. The lowest BCUT2D eigenvalue weighted by molar-refractivity contribution is 0.344. The summed E-state index contributed by atoms with van der Waals surface area (Å²) in [5, 5.41) is 0. The van der Waals surface area contributed by atoms with Crippen molar-refractivity contribution in [3.63, 3.8) is 0 Å². The minimum Gasteiger partial charge on any atom is -0.491 e. The molecule has 0 fully saturated rings. The number of methoxy groups -OCH3 is 1. The van der Waals surface area contributed by atoms with Gasteiger partial charge in [0.25, 0.3) is 0 Å². The molecule has 0 unspecified atom stereocenters. The van der Waals surface area contributed by atoms with Gasteiger partial charge in [-0.15, -0.1) is 0 Å². The molecule has 0 heterocycles. The first-order valence-electron chi connectivity index (χ1n) is 5.02. The normalized spacial score (nSPS) is 10.6. The summed E-state index contributed by atoms with van der Waals surface area (Å²) in [6.45, 7) is 0.489. The van der Waals surface area contributed by atoms with Crippen LogP contribution in [0.3, 0.4) is 0 Å². The molecule has 0 aromatic heterocycles. The Hall–Kier alpha value is -1.23. The van der Waals surface area contributed by atoms with Crippen molar-refractivity contribution in [2.24, 2.45) is 5.73 Å². The highest BCUT2D eigenvalue weighted by Gasteiger charge is 2.18. The van der Waals surface area contributed by atoms with Crippen molar-refractivity contribution in [2.45, 2.75) is 19.3 Å². The number of halogens is 3. The number of rotatable bonds is 5. The zero-order valence-electron chi connectivity index (χ0n) is 9.03. The third-order valence-corrected chi connectivity index (χ3v) is 2.30. The largest absolute Gasteiger partial charge is 0.491 e. The molecule has 0 aliphatic carbocycles. The van der Waals surface area contributed by atoms with Gasteiger partial charge >= 0.3 is 0 Å². The Kier molecular flexibility index (Phi) is 4.61. The van der Waals surface area contributed by atoms with Gasteiger partial charge in [-0.3, -0.25) is 0 Å². The van der Waals surface area contributed by atoms with E-state index in [1.54, 1.807) is 0 Å². The molecule has 0 spiro atoms. The molecule has 1 aromatic carbocycles. The lowest BCUT2D eigenvalue weighted by Gasteiger charge is -2.09. The van der Waals surface area contributed by atoms with E-state index in [1.807, 2.05) is 0 Å².